The molecule has 0 aromatic heterocycles. The molecule has 0 aliphatic rings. The highest BCUT2D eigenvalue weighted by molar-refractivity contribution is 7.89. The SMILES string of the molecule is C[C@@H](NS(=O)(=O)c1c(Cl)cccc1Cl)C(=O)O. The Labute approximate surface area is 108 Å². The van der Waals surface area contributed by atoms with E-state index < -0.39 is 22.0 Å². The van der Waals surface area contributed by atoms with E-state index in [0.717, 1.165) is 0 Å². The second-order valence-corrected chi connectivity index (χ2v) is 5.70. The summed E-state index contributed by atoms with van der Waals surface area (Å²) in [5.74, 6) is -1.29. The molecule has 0 spiro atoms. The summed E-state index contributed by atoms with van der Waals surface area (Å²) in [7, 11) is -4.06. The quantitative estimate of drug-likeness (QED) is 0.887. The maximum atomic E-state index is 11.8. The highest BCUT2D eigenvalue weighted by atomic mass is 35.5. The molecule has 5 nitrogen and oxygen atoms in total. The molecule has 0 aliphatic heterocycles. The fourth-order valence-corrected chi connectivity index (χ4v) is 3.42. The van der Waals surface area contributed by atoms with E-state index in [9.17, 15) is 13.2 Å². The van der Waals surface area contributed by atoms with Crippen LogP contribution in [0.15, 0.2) is 23.1 Å². The van der Waals surface area contributed by atoms with Crippen molar-refractivity contribution in [2.75, 3.05) is 0 Å². The summed E-state index contributed by atoms with van der Waals surface area (Å²) in [5, 5.41) is 8.50. The van der Waals surface area contributed by atoms with Crippen molar-refractivity contribution in [1.29, 1.82) is 0 Å². The molecule has 0 saturated carbocycles. The first kappa shape index (κ1) is 14.2. The minimum absolute atomic E-state index is 0.0670. The van der Waals surface area contributed by atoms with Gasteiger partial charge in [0.05, 0.1) is 10.0 Å². The Morgan fingerprint density at radius 1 is 1.35 bits per heavy atom. The number of carboxylic acid groups (broad SMARTS) is 1. The molecule has 0 fully saturated rings. The van der Waals surface area contributed by atoms with E-state index in [-0.39, 0.29) is 14.9 Å². The van der Waals surface area contributed by atoms with Gasteiger partial charge in [-0.05, 0) is 19.1 Å². The lowest BCUT2D eigenvalue weighted by Gasteiger charge is -2.12. The number of rotatable bonds is 4. The normalized spacial score (nSPS) is 13.4. The van der Waals surface area contributed by atoms with Crippen LogP contribution in [0, 0.1) is 0 Å². The van der Waals surface area contributed by atoms with Crippen molar-refractivity contribution < 1.29 is 18.3 Å². The van der Waals surface area contributed by atoms with Gasteiger partial charge in [-0.1, -0.05) is 29.3 Å². The van der Waals surface area contributed by atoms with Crippen molar-refractivity contribution in [3.8, 4) is 0 Å². The van der Waals surface area contributed by atoms with E-state index in [1.165, 1.54) is 25.1 Å². The van der Waals surface area contributed by atoms with Crippen LogP contribution in [0.1, 0.15) is 6.92 Å². The van der Waals surface area contributed by atoms with Crippen LogP contribution >= 0.6 is 23.2 Å². The minimum atomic E-state index is -4.06. The fraction of sp³-hybridized carbons (Fsp3) is 0.222. The number of benzene rings is 1. The van der Waals surface area contributed by atoms with Crippen LogP contribution < -0.4 is 4.72 Å². The monoisotopic (exact) mass is 297 g/mol. The van der Waals surface area contributed by atoms with Crippen molar-refractivity contribution in [2.24, 2.45) is 0 Å². The third-order valence-corrected chi connectivity index (χ3v) is 4.39. The van der Waals surface area contributed by atoms with Crippen LogP contribution in [0.5, 0.6) is 0 Å². The van der Waals surface area contributed by atoms with Gasteiger partial charge in [-0.15, -0.1) is 0 Å². The molecule has 1 atom stereocenters. The molecule has 8 heteroatoms. The first-order chi connectivity index (χ1) is 7.75. The molecule has 0 radical (unpaired) electrons. The maximum Gasteiger partial charge on any atom is 0.321 e. The van der Waals surface area contributed by atoms with Gasteiger partial charge < -0.3 is 5.11 Å². The zero-order chi connectivity index (χ0) is 13.2. The summed E-state index contributed by atoms with van der Waals surface area (Å²) in [6, 6.07) is 2.93. The molecule has 1 aromatic carbocycles. The second-order valence-electron chi connectivity index (χ2n) is 3.23. The van der Waals surface area contributed by atoms with Crippen LogP contribution in [0.2, 0.25) is 10.0 Å². The zero-order valence-corrected chi connectivity index (χ0v) is 11.0. The predicted octanol–water partition coefficient (Wildman–Crippen LogP) is 1.74. The first-order valence-corrected chi connectivity index (χ1v) is 6.69. The number of halogens is 2. The topological polar surface area (TPSA) is 83.5 Å². The molecular formula is C9H9Cl2NO4S. The van der Waals surface area contributed by atoms with Crippen molar-refractivity contribution in [1.82, 2.24) is 4.72 Å². The highest BCUT2D eigenvalue weighted by Gasteiger charge is 2.25. The van der Waals surface area contributed by atoms with E-state index in [1.807, 2.05) is 4.72 Å². The van der Waals surface area contributed by atoms with E-state index in [0.29, 0.717) is 0 Å². The molecule has 0 bridgehead atoms. The summed E-state index contributed by atoms with van der Waals surface area (Å²) in [6.45, 7) is 1.20. The van der Waals surface area contributed by atoms with Crippen molar-refractivity contribution >= 4 is 39.2 Å². The molecule has 17 heavy (non-hydrogen) atoms. The maximum absolute atomic E-state index is 11.8. The first-order valence-electron chi connectivity index (χ1n) is 4.45. The summed E-state index contributed by atoms with van der Waals surface area (Å²) < 4.78 is 25.6. The van der Waals surface area contributed by atoms with Gasteiger partial charge in [0.15, 0.2) is 0 Å². The molecule has 1 aromatic rings. The van der Waals surface area contributed by atoms with Crippen molar-refractivity contribution in [2.45, 2.75) is 17.9 Å². The third-order valence-electron chi connectivity index (χ3n) is 1.89. The Bertz CT molecular complexity index is 524. The predicted molar refractivity (Wildman–Crippen MR) is 63.9 cm³/mol. The Balaban J connectivity index is 3.19. The lowest BCUT2D eigenvalue weighted by molar-refractivity contribution is -0.138. The number of nitrogens with one attached hydrogen (secondary N) is 1. The Morgan fingerprint density at radius 2 is 1.82 bits per heavy atom. The van der Waals surface area contributed by atoms with E-state index in [1.54, 1.807) is 0 Å². The number of carboxylic acids is 1. The van der Waals surface area contributed by atoms with Crippen LogP contribution in [-0.2, 0) is 14.8 Å². The second kappa shape index (κ2) is 5.22. The van der Waals surface area contributed by atoms with Crippen molar-refractivity contribution in [3.63, 3.8) is 0 Å². The van der Waals surface area contributed by atoms with Gasteiger partial charge in [-0.3, -0.25) is 4.79 Å². The zero-order valence-electron chi connectivity index (χ0n) is 8.65. The lowest BCUT2D eigenvalue weighted by atomic mass is 10.4. The largest absolute Gasteiger partial charge is 0.480 e. The Kier molecular flexibility index (Phi) is 4.37. The molecule has 1 rings (SSSR count). The number of hydrogen-bond acceptors (Lipinski definition) is 3. The highest BCUT2D eigenvalue weighted by Crippen LogP contribution is 2.28. The third kappa shape index (κ3) is 3.32. The number of sulfonamides is 1. The lowest BCUT2D eigenvalue weighted by Crippen LogP contribution is -2.38. The molecule has 2 N–H and O–H groups in total. The van der Waals surface area contributed by atoms with Crippen molar-refractivity contribution in [3.05, 3.63) is 28.2 Å². The summed E-state index contributed by atoms with van der Waals surface area (Å²) in [5.41, 5.74) is 0. The molecule has 0 heterocycles. The van der Waals surface area contributed by atoms with E-state index in [2.05, 4.69) is 0 Å². The van der Waals surface area contributed by atoms with Gasteiger partial charge in [-0.2, -0.15) is 4.72 Å². The molecule has 94 valence electrons. The van der Waals surface area contributed by atoms with Gasteiger partial charge in [0.25, 0.3) is 0 Å². The minimum Gasteiger partial charge on any atom is -0.480 e. The van der Waals surface area contributed by atoms with Crippen LogP contribution in [0.3, 0.4) is 0 Å². The van der Waals surface area contributed by atoms with Gasteiger partial charge in [0.2, 0.25) is 10.0 Å². The molecular weight excluding hydrogens is 289 g/mol. The van der Waals surface area contributed by atoms with Gasteiger partial charge in [0.1, 0.15) is 10.9 Å². The van der Waals surface area contributed by atoms with Gasteiger partial charge in [0, 0.05) is 0 Å². The summed E-state index contributed by atoms with van der Waals surface area (Å²) in [6.07, 6.45) is 0. The molecule has 0 saturated heterocycles. The number of carbonyl (C=O) groups is 1. The average molecular weight is 298 g/mol. The fourth-order valence-electron chi connectivity index (χ4n) is 1.08. The number of hydrogen-bond donors (Lipinski definition) is 2. The number of aliphatic carboxylic acids is 1. The van der Waals surface area contributed by atoms with Crippen LogP contribution in [0.25, 0.3) is 0 Å². The molecule has 0 aliphatic carbocycles. The smallest absolute Gasteiger partial charge is 0.321 e. The summed E-state index contributed by atoms with van der Waals surface area (Å²) in [4.78, 5) is 10.3. The molecule has 0 unspecified atom stereocenters. The average Bonchev–Trinajstić information content (AvgIpc) is 2.15. The van der Waals surface area contributed by atoms with E-state index >= 15 is 0 Å². The van der Waals surface area contributed by atoms with Crippen LogP contribution in [0.4, 0.5) is 0 Å². The van der Waals surface area contributed by atoms with Gasteiger partial charge in [-0.25, -0.2) is 8.42 Å². The Hall–Kier alpha value is -0.820. The standard InChI is InChI=1S/C9H9Cl2NO4S/c1-5(9(13)14)12-17(15,16)8-6(10)3-2-4-7(8)11/h2-5,12H,1H3,(H,13,14)/t5-/m1/s1. The molecule has 0 amide bonds. The van der Waals surface area contributed by atoms with Gasteiger partial charge >= 0.3 is 5.97 Å². The van der Waals surface area contributed by atoms with Crippen LogP contribution in [-0.4, -0.2) is 25.5 Å². The van der Waals surface area contributed by atoms with E-state index in [4.69, 9.17) is 28.3 Å². The Morgan fingerprint density at radius 3 is 2.24 bits per heavy atom. The summed E-state index contributed by atoms with van der Waals surface area (Å²) >= 11 is 11.5.